The Morgan fingerprint density at radius 2 is 2.10 bits per heavy atom. The molecule has 0 spiro atoms. The van der Waals surface area contributed by atoms with Crippen molar-refractivity contribution in [3.8, 4) is 0 Å². The fourth-order valence-corrected chi connectivity index (χ4v) is 5.06. The summed E-state index contributed by atoms with van der Waals surface area (Å²) in [5.41, 5.74) is 5.75. The van der Waals surface area contributed by atoms with Crippen LogP contribution in [0.4, 0.5) is 10.1 Å². The van der Waals surface area contributed by atoms with Crippen LogP contribution in [-0.4, -0.2) is 13.4 Å². The zero-order valence-corrected chi connectivity index (χ0v) is 13.8. The molecule has 9 heteroatoms. The molecule has 2 aromatic rings. The summed E-state index contributed by atoms with van der Waals surface area (Å²) in [5.74, 6) is -0.548. The maximum Gasteiger partial charge on any atom is 0.272 e. The van der Waals surface area contributed by atoms with E-state index in [0.717, 1.165) is 23.5 Å². The van der Waals surface area contributed by atoms with E-state index in [-0.39, 0.29) is 20.4 Å². The summed E-state index contributed by atoms with van der Waals surface area (Å²) < 4.78 is 40.6. The third-order valence-electron chi connectivity index (χ3n) is 2.32. The van der Waals surface area contributed by atoms with E-state index in [1.54, 1.807) is 11.4 Å². The zero-order chi connectivity index (χ0) is 14.9. The van der Waals surface area contributed by atoms with Crippen molar-refractivity contribution < 1.29 is 12.8 Å². The quantitative estimate of drug-likeness (QED) is 0.781. The number of thiocarbonyl (C=S) groups is 1. The lowest BCUT2D eigenvalue weighted by Gasteiger charge is -2.11. The molecule has 106 valence electrons. The van der Waals surface area contributed by atoms with Gasteiger partial charge >= 0.3 is 0 Å². The van der Waals surface area contributed by atoms with Gasteiger partial charge in [0.05, 0.1) is 5.69 Å². The molecule has 0 saturated carbocycles. The number of benzene rings is 1. The summed E-state index contributed by atoms with van der Waals surface area (Å²) in [6, 6.07) is 5.12. The Bertz CT molecular complexity index is 774. The minimum absolute atomic E-state index is 0.0903. The van der Waals surface area contributed by atoms with Gasteiger partial charge in [0.15, 0.2) is 4.21 Å². The molecule has 4 nitrogen and oxygen atoms in total. The molecule has 0 unspecified atom stereocenters. The summed E-state index contributed by atoms with van der Waals surface area (Å²) in [7, 11) is -3.79. The first-order chi connectivity index (χ1) is 9.31. The van der Waals surface area contributed by atoms with E-state index in [1.165, 1.54) is 6.07 Å². The molecule has 1 aromatic carbocycles. The van der Waals surface area contributed by atoms with Crippen LogP contribution in [0.15, 0.2) is 38.3 Å². The first kappa shape index (κ1) is 15.4. The lowest BCUT2D eigenvalue weighted by molar-refractivity contribution is 0.602. The maximum absolute atomic E-state index is 13.2. The predicted octanol–water partition coefficient (Wildman–Crippen LogP) is 3.08. The largest absolute Gasteiger partial charge is 0.389 e. The number of thiophene rings is 1. The highest BCUT2D eigenvalue weighted by molar-refractivity contribution is 9.10. The van der Waals surface area contributed by atoms with Crippen molar-refractivity contribution in [2.24, 2.45) is 5.73 Å². The van der Waals surface area contributed by atoms with Gasteiger partial charge in [0, 0.05) is 10.0 Å². The van der Waals surface area contributed by atoms with Crippen LogP contribution < -0.4 is 10.5 Å². The Balaban J connectivity index is 2.45. The molecule has 1 aromatic heterocycles. The molecule has 0 atom stereocenters. The second kappa shape index (κ2) is 5.76. The van der Waals surface area contributed by atoms with Crippen molar-refractivity contribution in [3.05, 3.63) is 45.5 Å². The monoisotopic (exact) mass is 394 g/mol. The van der Waals surface area contributed by atoms with E-state index in [2.05, 4.69) is 20.7 Å². The van der Waals surface area contributed by atoms with Crippen LogP contribution in [0.1, 0.15) is 5.56 Å². The van der Waals surface area contributed by atoms with Crippen LogP contribution in [0.25, 0.3) is 0 Å². The van der Waals surface area contributed by atoms with E-state index in [0.29, 0.717) is 4.47 Å². The van der Waals surface area contributed by atoms with Crippen LogP contribution >= 0.6 is 39.5 Å². The van der Waals surface area contributed by atoms with Crippen LogP contribution in [0.2, 0.25) is 0 Å². The summed E-state index contributed by atoms with van der Waals surface area (Å²) >= 11 is 9.01. The lowest BCUT2D eigenvalue weighted by Crippen LogP contribution is -2.18. The molecule has 2 rings (SSSR count). The van der Waals surface area contributed by atoms with Crippen LogP contribution in [-0.2, 0) is 10.0 Å². The van der Waals surface area contributed by atoms with Gasteiger partial charge in [0.25, 0.3) is 10.0 Å². The molecular weight excluding hydrogens is 387 g/mol. The summed E-state index contributed by atoms with van der Waals surface area (Å²) in [6.07, 6.45) is 0. The van der Waals surface area contributed by atoms with Gasteiger partial charge in [-0.2, -0.15) is 0 Å². The molecule has 0 aliphatic carbocycles. The molecule has 0 saturated heterocycles. The van der Waals surface area contributed by atoms with Crippen molar-refractivity contribution in [1.29, 1.82) is 0 Å². The first-order valence-corrected chi connectivity index (χ1v) is 8.73. The molecule has 0 bridgehead atoms. The molecule has 0 radical (unpaired) electrons. The minimum Gasteiger partial charge on any atom is -0.389 e. The van der Waals surface area contributed by atoms with Gasteiger partial charge in [-0.3, -0.25) is 4.72 Å². The number of nitrogens with two attached hydrogens (primary N) is 1. The third-order valence-corrected chi connectivity index (χ3v) is 6.58. The molecule has 0 aliphatic heterocycles. The van der Waals surface area contributed by atoms with Crippen molar-refractivity contribution in [1.82, 2.24) is 0 Å². The number of hydrogen-bond acceptors (Lipinski definition) is 4. The Labute approximate surface area is 133 Å². The van der Waals surface area contributed by atoms with E-state index < -0.39 is 15.8 Å². The number of sulfonamides is 1. The van der Waals surface area contributed by atoms with E-state index in [9.17, 15) is 12.8 Å². The van der Waals surface area contributed by atoms with E-state index in [1.807, 2.05) is 0 Å². The smallest absolute Gasteiger partial charge is 0.272 e. The van der Waals surface area contributed by atoms with Crippen LogP contribution in [0.5, 0.6) is 0 Å². The second-order valence-electron chi connectivity index (χ2n) is 3.72. The van der Waals surface area contributed by atoms with Crippen molar-refractivity contribution >= 4 is 60.2 Å². The normalized spacial score (nSPS) is 11.3. The third kappa shape index (κ3) is 3.17. The molecule has 20 heavy (non-hydrogen) atoms. The number of anilines is 1. The molecular formula is C11H8BrFN2O2S3. The van der Waals surface area contributed by atoms with Gasteiger partial charge in [0.1, 0.15) is 10.8 Å². The SMILES string of the molecule is NC(=S)c1cc(F)ccc1NS(=O)(=O)c1sccc1Br. The van der Waals surface area contributed by atoms with Crippen LogP contribution in [0, 0.1) is 5.82 Å². The van der Waals surface area contributed by atoms with Gasteiger partial charge in [-0.25, -0.2) is 12.8 Å². The summed E-state index contributed by atoms with van der Waals surface area (Å²) in [5, 5.41) is 1.64. The van der Waals surface area contributed by atoms with Gasteiger partial charge in [-0.05, 0) is 45.6 Å². The highest BCUT2D eigenvalue weighted by atomic mass is 79.9. The molecule has 3 N–H and O–H groups in total. The average Bonchev–Trinajstić information content (AvgIpc) is 2.78. The second-order valence-corrected chi connectivity index (χ2v) is 7.80. The topological polar surface area (TPSA) is 72.2 Å². The van der Waals surface area contributed by atoms with Gasteiger partial charge in [0.2, 0.25) is 0 Å². The number of halogens is 2. The molecule has 0 fully saturated rings. The number of nitrogens with one attached hydrogen (secondary N) is 1. The molecule has 0 aliphatic rings. The summed E-state index contributed by atoms with van der Waals surface area (Å²) in [4.78, 5) is -0.0903. The fraction of sp³-hybridized carbons (Fsp3) is 0. The molecule has 0 amide bonds. The Hall–Kier alpha value is -1.03. The van der Waals surface area contributed by atoms with Gasteiger partial charge < -0.3 is 5.73 Å². The molecule has 1 heterocycles. The van der Waals surface area contributed by atoms with Crippen molar-refractivity contribution in [2.45, 2.75) is 4.21 Å². The standard InChI is InChI=1S/C11H8BrFN2O2S3/c12-8-3-4-19-11(8)20(16,17)15-9-2-1-6(13)5-7(9)10(14)18/h1-5,15H,(H2,14,18). The Kier molecular flexibility index (Phi) is 4.43. The summed E-state index contributed by atoms with van der Waals surface area (Å²) in [6.45, 7) is 0. The van der Waals surface area contributed by atoms with E-state index in [4.69, 9.17) is 18.0 Å². The fourth-order valence-electron chi connectivity index (χ4n) is 1.47. The number of hydrogen-bond donors (Lipinski definition) is 2. The van der Waals surface area contributed by atoms with Crippen molar-refractivity contribution in [2.75, 3.05) is 4.72 Å². The Morgan fingerprint density at radius 3 is 2.65 bits per heavy atom. The van der Waals surface area contributed by atoms with Crippen LogP contribution in [0.3, 0.4) is 0 Å². The average molecular weight is 395 g/mol. The highest BCUT2D eigenvalue weighted by Gasteiger charge is 2.21. The highest BCUT2D eigenvalue weighted by Crippen LogP contribution is 2.30. The minimum atomic E-state index is -3.79. The maximum atomic E-state index is 13.2. The number of rotatable bonds is 4. The first-order valence-electron chi connectivity index (χ1n) is 5.16. The predicted molar refractivity (Wildman–Crippen MR) is 85.1 cm³/mol. The zero-order valence-electron chi connectivity index (χ0n) is 9.76. The van der Waals surface area contributed by atoms with Gasteiger partial charge in [-0.15, -0.1) is 11.3 Å². The Morgan fingerprint density at radius 1 is 1.40 bits per heavy atom. The van der Waals surface area contributed by atoms with Gasteiger partial charge in [-0.1, -0.05) is 12.2 Å². The van der Waals surface area contributed by atoms with E-state index >= 15 is 0 Å². The van der Waals surface area contributed by atoms with Crippen molar-refractivity contribution in [3.63, 3.8) is 0 Å². The lowest BCUT2D eigenvalue weighted by atomic mass is 10.2.